The van der Waals surface area contributed by atoms with Gasteiger partial charge in [0.15, 0.2) is 0 Å². The number of hydrogen-bond acceptors (Lipinski definition) is 3. The van der Waals surface area contributed by atoms with Gasteiger partial charge in [-0.05, 0) is 60.1 Å². The third kappa shape index (κ3) is 3.48. The normalized spacial score (nSPS) is 32.5. The number of carbonyl (C=O) groups is 1. The number of halogens is 1. The van der Waals surface area contributed by atoms with Crippen LogP contribution in [0.3, 0.4) is 0 Å². The second-order valence-corrected chi connectivity index (χ2v) is 10.4. The number of hydrazone groups is 1. The molecule has 2 aliphatic carbocycles. The van der Waals surface area contributed by atoms with E-state index < -0.39 is 0 Å². The molecule has 1 heterocycles. The molecule has 1 unspecified atom stereocenters. The average molecular weight is 416 g/mol. The quantitative estimate of drug-likeness (QED) is 0.659. The highest BCUT2D eigenvalue weighted by Crippen LogP contribution is 2.65. The third-order valence-electron chi connectivity index (χ3n) is 8.35. The third-order valence-corrected chi connectivity index (χ3v) is 8.60. The summed E-state index contributed by atoms with van der Waals surface area (Å²) in [5.74, 6) is 0.740. The molecule has 4 nitrogen and oxygen atoms in total. The Kier molecular flexibility index (Phi) is 5.43. The van der Waals surface area contributed by atoms with E-state index in [2.05, 4.69) is 50.2 Å². The van der Waals surface area contributed by atoms with Crippen LogP contribution in [0.4, 0.5) is 0 Å². The minimum absolute atomic E-state index is 0.0255. The maximum Gasteiger partial charge on any atom is 0.267 e. The van der Waals surface area contributed by atoms with Crippen LogP contribution in [0.1, 0.15) is 77.8 Å². The first-order valence-corrected chi connectivity index (χ1v) is 11.5. The summed E-state index contributed by atoms with van der Waals surface area (Å²) in [4.78, 5) is 13.2. The molecule has 2 bridgehead atoms. The van der Waals surface area contributed by atoms with E-state index in [1.807, 2.05) is 12.1 Å². The van der Waals surface area contributed by atoms with Gasteiger partial charge in [-0.2, -0.15) is 5.10 Å². The molecule has 0 saturated heterocycles. The molecule has 1 N–H and O–H groups in total. The van der Waals surface area contributed by atoms with Crippen molar-refractivity contribution < 1.29 is 4.79 Å². The SMILES string of the molecule is CCCCN1N=C(C(=O)N[C@H]2C[C@H]3CC[C@]2(C)C3(C)C)CC1c1ccc(Cl)cc1. The summed E-state index contributed by atoms with van der Waals surface area (Å²) in [6, 6.07) is 8.33. The van der Waals surface area contributed by atoms with Crippen molar-refractivity contribution >= 4 is 23.2 Å². The first kappa shape index (κ1) is 20.7. The molecular weight excluding hydrogens is 382 g/mol. The molecule has 0 radical (unpaired) electrons. The lowest BCUT2D eigenvalue weighted by Crippen LogP contribution is -2.48. The van der Waals surface area contributed by atoms with Crippen molar-refractivity contribution in [2.45, 2.75) is 78.3 Å². The fourth-order valence-electron chi connectivity index (χ4n) is 5.86. The Bertz CT molecular complexity index is 803. The van der Waals surface area contributed by atoms with Crippen molar-refractivity contribution in [2.24, 2.45) is 21.8 Å². The molecule has 29 heavy (non-hydrogen) atoms. The number of nitrogens with one attached hydrogen (secondary N) is 1. The van der Waals surface area contributed by atoms with Crippen LogP contribution in [0.25, 0.3) is 0 Å². The molecule has 0 aromatic heterocycles. The van der Waals surface area contributed by atoms with Gasteiger partial charge in [0.2, 0.25) is 0 Å². The van der Waals surface area contributed by atoms with Gasteiger partial charge >= 0.3 is 0 Å². The number of carbonyl (C=O) groups excluding carboxylic acids is 1. The Morgan fingerprint density at radius 2 is 2.00 bits per heavy atom. The van der Waals surface area contributed by atoms with Gasteiger partial charge in [0.25, 0.3) is 5.91 Å². The summed E-state index contributed by atoms with van der Waals surface area (Å²) >= 11 is 6.07. The van der Waals surface area contributed by atoms with Crippen molar-refractivity contribution in [3.05, 3.63) is 34.9 Å². The smallest absolute Gasteiger partial charge is 0.267 e. The van der Waals surface area contributed by atoms with E-state index in [4.69, 9.17) is 16.7 Å². The van der Waals surface area contributed by atoms with Crippen LogP contribution < -0.4 is 5.32 Å². The maximum absolute atomic E-state index is 13.2. The fourth-order valence-corrected chi connectivity index (χ4v) is 5.98. The van der Waals surface area contributed by atoms with Crippen molar-refractivity contribution in [1.82, 2.24) is 10.3 Å². The van der Waals surface area contributed by atoms with Gasteiger partial charge in [-0.3, -0.25) is 9.80 Å². The van der Waals surface area contributed by atoms with Gasteiger partial charge in [-0.1, -0.05) is 57.8 Å². The molecule has 4 rings (SSSR count). The molecule has 158 valence electrons. The second-order valence-electron chi connectivity index (χ2n) is 9.97. The predicted molar refractivity (Wildman–Crippen MR) is 119 cm³/mol. The van der Waals surface area contributed by atoms with Crippen molar-refractivity contribution in [2.75, 3.05) is 6.54 Å². The van der Waals surface area contributed by atoms with Gasteiger partial charge in [-0.25, -0.2) is 0 Å². The number of unbranched alkanes of at least 4 members (excludes halogenated alkanes) is 1. The van der Waals surface area contributed by atoms with Gasteiger partial charge < -0.3 is 5.32 Å². The zero-order valence-electron chi connectivity index (χ0n) is 18.2. The molecule has 1 aromatic rings. The molecule has 5 heteroatoms. The molecule has 1 aliphatic heterocycles. The van der Waals surface area contributed by atoms with E-state index in [9.17, 15) is 4.79 Å². The molecule has 4 atom stereocenters. The van der Waals surface area contributed by atoms with E-state index in [0.29, 0.717) is 23.5 Å². The Balaban J connectivity index is 1.49. The number of hydrogen-bond donors (Lipinski definition) is 1. The summed E-state index contributed by atoms with van der Waals surface area (Å²) in [5, 5.41) is 11.0. The molecule has 1 amide bonds. The Labute approximate surface area is 180 Å². The highest BCUT2D eigenvalue weighted by atomic mass is 35.5. The van der Waals surface area contributed by atoms with Crippen LogP contribution in [0.2, 0.25) is 5.02 Å². The zero-order valence-corrected chi connectivity index (χ0v) is 18.9. The number of nitrogens with zero attached hydrogens (tertiary/aromatic N) is 2. The summed E-state index contributed by atoms with van der Waals surface area (Å²) in [7, 11) is 0. The van der Waals surface area contributed by atoms with E-state index in [1.165, 1.54) is 18.4 Å². The van der Waals surface area contributed by atoms with Crippen LogP contribution in [0.5, 0.6) is 0 Å². The average Bonchev–Trinajstić information content (AvgIpc) is 3.26. The Morgan fingerprint density at radius 1 is 1.28 bits per heavy atom. The predicted octanol–water partition coefficient (Wildman–Crippen LogP) is 5.57. The first-order chi connectivity index (χ1) is 13.8. The van der Waals surface area contributed by atoms with Gasteiger partial charge in [0.1, 0.15) is 5.71 Å². The summed E-state index contributed by atoms with van der Waals surface area (Å²) in [5.41, 5.74) is 2.32. The number of benzene rings is 1. The fraction of sp³-hybridized carbons (Fsp3) is 0.667. The molecule has 2 fully saturated rings. The largest absolute Gasteiger partial charge is 0.348 e. The number of rotatable bonds is 6. The topological polar surface area (TPSA) is 44.7 Å². The lowest BCUT2D eigenvalue weighted by molar-refractivity contribution is -0.116. The summed E-state index contributed by atoms with van der Waals surface area (Å²) in [6.07, 6.45) is 6.44. The van der Waals surface area contributed by atoms with Crippen LogP contribution in [0, 0.1) is 16.7 Å². The lowest BCUT2D eigenvalue weighted by Gasteiger charge is -2.39. The molecule has 1 aromatic carbocycles. The summed E-state index contributed by atoms with van der Waals surface area (Å²) < 4.78 is 0. The van der Waals surface area contributed by atoms with E-state index >= 15 is 0 Å². The Morgan fingerprint density at radius 3 is 2.59 bits per heavy atom. The Hall–Kier alpha value is -1.55. The minimum atomic E-state index is 0.0255. The second kappa shape index (κ2) is 7.61. The zero-order chi connectivity index (χ0) is 20.8. The van der Waals surface area contributed by atoms with Crippen LogP contribution in [-0.2, 0) is 4.79 Å². The molecular formula is C24H34ClN3O. The monoisotopic (exact) mass is 415 g/mol. The van der Waals surface area contributed by atoms with Crippen molar-refractivity contribution in [3.63, 3.8) is 0 Å². The minimum Gasteiger partial charge on any atom is -0.348 e. The molecule has 2 saturated carbocycles. The van der Waals surface area contributed by atoms with E-state index in [1.54, 1.807) is 0 Å². The first-order valence-electron chi connectivity index (χ1n) is 11.2. The standard InChI is InChI=1S/C24H34ClN3O/c1-5-6-13-28-20(16-7-9-18(25)10-8-16)15-19(27-28)22(29)26-21-14-17-11-12-24(21,4)23(17,2)3/h7-10,17,20-21H,5-6,11-15H2,1-4H3,(H,26,29)/t17-,20?,21+,24+/m1/s1. The van der Waals surface area contributed by atoms with Crippen molar-refractivity contribution in [1.29, 1.82) is 0 Å². The van der Waals surface area contributed by atoms with Crippen LogP contribution in [-0.4, -0.2) is 29.2 Å². The van der Waals surface area contributed by atoms with Crippen LogP contribution in [0.15, 0.2) is 29.4 Å². The van der Waals surface area contributed by atoms with Gasteiger partial charge in [0.05, 0.1) is 6.04 Å². The van der Waals surface area contributed by atoms with Crippen LogP contribution >= 0.6 is 11.6 Å². The van der Waals surface area contributed by atoms with Gasteiger partial charge in [0, 0.05) is 24.0 Å². The van der Waals surface area contributed by atoms with Gasteiger partial charge in [-0.15, -0.1) is 0 Å². The molecule has 3 aliphatic rings. The van der Waals surface area contributed by atoms with E-state index in [0.717, 1.165) is 30.8 Å². The number of fused-ring (bicyclic) bond motifs is 2. The molecule has 0 spiro atoms. The summed E-state index contributed by atoms with van der Waals surface area (Å²) in [6.45, 7) is 10.2. The van der Waals surface area contributed by atoms with E-state index in [-0.39, 0.29) is 23.4 Å². The lowest BCUT2D eigenvalue weighted by atomic mass is 9.69. The highest BCUT2D eigenvalue weighted by Gasteiger charge is 2.61. The number of amides is 1. The highest BCUT2D eigenvalue weighted by molar-refractivity contribution is 6.39. The maximum atomic E-state index is 13.2. The van der Waals surface area contributed by atoms with Crippen molar-refractivity contribution in [3.8, 4) is 0 Å².